The highest BCUT2D eigenvalue weighted by Gasteiger charge is 2.07. The molecule has 0 aliphatic carbocycles. The number of H-pyrrole nitrogens is 1. The predicted molar refractivity (Wildman–Crippen MR) is 84.8 cm³/mol. The van der Waals surface area contributed by atoms with Crippen LogP contribution in [0.5, 0.6) is 5.75 Å². The quantitative estimate of drug-likeness (QED) is 0.443. The number of nitrogens with one attached hydrogen (secondary N) is 1. The van der Waals surface area contributed by atoms with E-state index < -0.39 is 0 Å². The molecule has 1 aromatic heterocycles. The number of anilines is 1. The number of nitrogens with two attached hydrogens (primary N) is 1. The average molecular weight is 308 g/mol. The lowest BCUT2D eigenvalue weighted by molar-refractivity contribution is 0.318. The van der Waals surface area contributed by atoms with Crippen LogP contribution in [0.1, 0.15) is 19.8 Å². The summed E-state index contributed by atoms with van der Waals surface area (Å²) >= 11 is 1.57. The molecular formula is C14H20N4O2S. The molecule has 0 fully saturated rings. The maximum absolute atomic E-state index is 11.5. The Bertz CT molecular complexity index is 606. The fourth-order valence-corrected chi connectivity index (χ4v) is 2.70. The first-order chi connectivity index (χ1) is 10.2. The summed E-state index contributed by atoms with van der Waals surface area (Å²) in [5.74, 6) is 1.67. The van der Waals surface area contributed by atoms with Crippen LogP contribution in [-0.2, 0) is 6.54 Å². The van der Waals surface area contributed by atoms with Crippen molar-refractivity contribution < 1.29 is 4.74 Å². The zero-order valence-corrected chi connectivity index (χ0v) is 12.9. The molecule has 21 heavy (non-hydrogen) atoms. The van der Waals surface area contributed by atoms with Gasteiger partial charge < -0.3 is 10.5 Å². The van der Waals surface area contributed by atoms with Gasteiger partial charge in [0.15, 0.2) is 5.16 Å². The number of hydrogen-bond donors (Lipinski definition) is 2. The van der Waals surface area contributed by atoms with Gasteiger partial charge in [0.05, 0.1) is 6.61 Å². The lowest BCUT2D eigenvalue weighted by atomic mass is 10.3. The fraction of sp³-hybridized carbons (Fsp3) is 0.429. The number of benzene rings is 1. The SMILES string of the molecule is CCCn1c(SCCCOc2ccc(N)cc2)n[nH]c1=O. The van der Waals surface area contributed by atoms with Crippen LogP contribution >= 0.6 is 11.8 Å². The van der Waals surface area contributed by atoms with Crippen molar-refractivity contribution in [2.75, 3.05) is 18.1 Å². The summed E-state index contributed by atoms with van der Waals surface area (Å²) in [6.07, 6.45) is 1.79. The summed E-state index contributed by atoms with van der Waals surface area (Å²) in [5.41, 5.74) is 6.20. The molecule has 0 saturated heterocycles. The van der Waals surface area contributed by atoms with Gasteiger partial charge in [-0.1, -0.05) is 18.7 Å². The van der Waals surface area contributed by atoms with Crippen molar-refractivity contribution in [2.24, 2.45) is 0 Å². The Morgan fingerprint density at radius 1 is 1.38 bits per heavy atom. The van der Waals surface area contributed by atoms with Crippen LogP contribution in [0.4, 0.5) is 5.69 Å². The van der Waals surface area contributed by atoms with Crippen molar-refractivity contribution in [3.05, 3.63) is 34.7 Å². The molecule has 0 spiro atoms. The molecular weight excluding hydrogens is 288 g/mol. The van der Waals surface area contributed by atoms with E-state index in [2.05, 4.69) is 10.2 Å². The van der Waals surface area contributed by atoms with Gasteiger partial charge in [0.25, 0.3) is 0 Å². The number of hydrogen-bond acceptors (Lipinski definition) is 5. The molecule has 114 valence electrons. The minimum atomic E-state index is -0.141. The topological polar surface area (TPSA) is 85.9 Å². The van der Waals surface area contributed by atoms with Gasteiger partial charge in [0, 0.05) is 18.0 Å². The monoisotopic (exact) mass is 308 g/mol. The number of ether oxygens (including phenoxy) is 1. The molecule has 0 bridgehead atoms. The zero-order valence-electron chi connectivity index (χ0n) is 12.0. The van der Waals surface area contributed by atoms with Crippen LogP contribution in [0, 0.1) is 0 Å². The Labute approximate surface area is 127 Å². The van der Waals surface area contributed by atoms with Crippen LogP contribution in [0.3, 0.4) is 0 Å². The molecule has 0 atom stereocenters. The maximum atomic E-state index is 11.5. The van der Waals surface area contributed by atoms with Crippen LogP contribution in [-0.4, -0.2) is 27.1 Å². The van der Waals surface area contributed by atoms with Crippen molar-refractivity contribution in [1.82, 2.24) is 14.8 Å². The number of nitrogens with zero attached hydrogens (tertiary/aromatic N) is 2. The van der Waals surface area contributed by atoms with Gasteiger partial charge >= 0.3 is 5.69 Å². The third-order valence-corrected chi connectivity index (χ3v) is 3.90. The van der Waals surface area contributed by atoms with Gasteiger partial charge in [0.2, 0.25) is 0 Å². The van der Waals surface area contributed by atoms with Gasteiger partial charge in [0.1, 0.15) is 5.75 Å². The molecule has 0 saturated carbocycles. The molecule has 3 N–H and O–H groups in total. The minimum Gasteiger partial charge on any atom is -0.494 e. The molecule has 2 aromatic rings. The highest BCUT2D eigenvalue weighted by atomic mass is 32.2. The largest absolute Gasteiger partial charge is 0.494 e. The molecule has 1 aromatic carbocycles. The highest BCUT2D eigenvalue weighted by Crippen LogP contribution is 2.16. The first-order valence-corrected chi connectivity index (χ1v) is 7.95. The van der Waals surface area contributed by atoms with E-state index in [4.69, 9.17) is 10.5 Å². The van der Waals surface area contributed by atoms with Crippen molar-refractivity contribution in [2.45, 2.75) is 31.5 Å². The van der Waals surface area contributed by atoms with Crippen LogP contribution < -0.4 is 16.2 Å². The van der Waals surface area contributed by atoms with E-state index in [0.29, 0.717) is 13.2 Å². The standard InChI is InChI=1S/C14H20N4O2S/c1-2-8-18-13(19)16-17-14(18)21-10-3-9-20-12-6-4-11(15)5-7-12/h4-7H,2-3,8-10,15H2,1H3,(H,16,19). The van der Waals surface area contributed by atoms with E-state index >= 15 is 0 Å². The molecule has 0 aliphatic heterocycles. The number of thioether (sulfide) groups is 1. The Morgan fingerprint density at radius 3 is 2.86 bits per heavy atom. The Balaban J connectivity index is 1.72. The zero-order chi connectivity index (χ0) is 15.1. The van der Waals surface area contributed by atoms with Gasteiger partial charge in [-0.25, -0.2) is 9.89 Å². The lowest BCUT2D eigenvalue weighted by Crippen LogP contribution is -2.17. The summed E-state index contributed by atoms with van der Waals surface area (Å²) in [6.45, 7) is 3.35. The van der Waals surface area contributed by atoms with Crippen molar-refractivity contribution in [1.29, 1.82) is 0 Å². The van der Waals surface area contributed by atoms with E-state index in [9.17, 15) is 4.79 Å². The molecule has 2 rings (SSSR count). The van der Waals surface area contributed by atoms with Gasteiger partial charge in [-0.05, 0) is 37.1 Å². The molecule has 0 amide bonds. The summed E-state index contributed by atoms with van der Waals surface area (Å²) in [4.78, 5) is 11.5. The Morgan fingerprint density at radius 2 is 2.14 bits per heavy atom. The number of nitrogen functional groups attached to an aromatic ring is 1. The van der Waals surface area contributed by atoms with E-state index in [1.807, 2.05) is 31.2 Å². The van der Waals surface area contributed by atoms with Crippen molar-refractivity contribution in [3.8, 4) is 5.75 Å². The molecule has 6 nitrogen and oxygen atoms in total. The second-order valence-electron chi connectivity index (χ2n) is 4.58. The van der Waals surface area contributed by atoms with E-state index in [0.717, 1.165) is 35.2 Å². The highest BCUT2D eigenvalue weighted by molar-refractivity contribution is 7.99. The van der Waals surface area contributed by atoms with Gasteiger partial charge in [-0.2, -0.15) is 0 Å². The van der Waals surface area contributed by atoms with Crippen molar-refractivity contribution in [3.63, 3.8) is 0 Å². The molecule has 0 unspecified atom stereocenters. The third-order valence-electron chi connectivity index (χ3n) is 2.84. The number of aromatic amines is 1. The molecule has 1 heterocycles. The normalized spacial score (nSPS) is 10.7. The average Bonchev–Trinajstić information content (AvgIpc) is 2.82. The van der Waals surface area contributed by atoms with Gasteiger partial charge in [-0.3, -0.25) is 4.57 Å². The summed E-state index contributed by atoms with van der Waals surface area (Å²) in [6, 6.07) is 7.35. The van der Waals surface area contributed by atoms with Crippen LogP contribution in [0.15, 0.2) is 34.2 Å². The third kappa shape index (κ3) is 4.56. The Hall–Kier alpha value is -1.89. The lowest BCUT2D eigenvalue weighted by Gasteiger charge is -2.06. The predicted octanol–water partition coefficient (Wildman–Crippen LogP) is 2.12. The summed E-state index contributed by atoms with van der Waals surface area (Å²) in [7, 11) is 0. The number of aromatic nitrogens is 3. The van der Waals surface area contributed by atoms with Gasteiger partial charge in [-0.15, -0.1) is 5.10 Å². The van der Waals surface area contributed by atoms with E-state index in [1.54, 1.807) is 16.3 Å². The second kappa shape index (κ2) is 7.78. The Kier molecular flexibility index (Phi) is 5.74. The fourth-order valence-electron chi connectivity index (χ4n) is 1.81. The minimum absolute atomic E-state index is 0.141. The summed E-state index contributed by atoms with van der Waals surface area (Å²) < 4.78 is 7.29. The smallest absolute Gasteiger partial charge is 0.343 e. The van der Waals surface area contributed by atoms with Crippen LogP contribution in [0.25, 0.3) is 0 Å². The second-order valence-corrected chi connectivity index (χ2v) is 5.64. The maximum Gasteiger partial charge on any atom is 0.343 e. The summed E-state index contributed by atoms with van der Waals surface area (Å²) in [5, 5.41) is 7.27. The molecule has 7 heteroatoms. The van der Waals surface area contributed by atoms with E-state index in [-0.39, 0.29) is 5.69 Å². The van der Waals surface area contributed by atoms with Crippen LogP contribution in [0.2, 0.25) is 0 Å². The van der Waals surface area contributed by atoms with Crippen molar-refractivity contribution >= 4 is 17.4 Å². The number of rotatable bonds is 8. The first-order valence-electron chi connectivity index (χ1n) is 6.97. The molecule has 0 radical (unpaired) electrons. The molecule has 0 aliphatic rings. The first kappa shape index (κ1) is 15.5. The van der Waals surface area contributed by atoms with E-state index in [1.165, 1.54) is 0 Å².